The molecule has 5 nitrogen and oxygen atoms in total. The Bertz CT molecular complexity index is 1070. The van der Waals surface area contributed by atoms with Crippen LogP contribution in [0, 0.1) is 26.6 Å². The van der Waals surface area contributed by atoms with Crippen molar-refractivity contribution in [2.24, 2.45) is 0 Å². The Balaban J connectivity index is 1.46. The molecule has 0 unspecified atom stereocenters. The Morgan fingerprint density at radius 3 is 2.67 bits per heavy atom. The van der Waals surface area contributed by atoms with Gasteiger partial charge in [0.2, 0.25) is 5.91 Å². The van der Waals surface area contributed by atoms with Crippen molar-refractivity contribution in [3.05, 3.63) is 70.8 Å². The molecule has 0 radical (unpaired) electrons. The molecule has 0 aliphatic carbocycles. The lowest BCUT2D eigenvalue weighted by Gasteiger charge is -2.32. The van der Waals surface area contributed by atoms with Gasteiger partial charge in [-0.1, -0.05) is 24.3 Å². The van der Waals surface area contributed by atoms with Crippen molar-refractivity contribution in [2.75, 3.05) is 23.3 Å². The summed E-state index contributed by atoms with van der Waals surface area (Å²) >= 11 is 0. The summed E-state index contributed by atoms with van der Waals surface area (Å²) in [5, 5.41) is 7.59. The third kappa shape index (κ3) is 3.82. The predicted octanol–water partition coefficient (Wildman–Crippen LogP) is 4.72. The Labute approximate surface area is 176 Å². The molecular formula is C24H27FN4O. The van der Waals surface area contributed by atoms with E-state index in [1.165, 1.54) is 6.07 Å². The number of fused-ring (bicyclic) bond motifs is 1. The molecule has 3 aromatic rings. The highest BCUT2D eigenvalue weighted by atomic mass is 19.1. The van der Waals surface area contributed by atoms with Crippen LogP contribution >= 0.6 is 0 Å². The van der Waals surface area contributed by atoms with Crippen molar-refractivity contribution in [2.45, 2.75) is 40.0 Å². The average molecular weight is 407 g/mol. The Morgan fingerprint density at radius 2 is 1.90 bits per heavy atom. The number of nitrogens with one attached hydrogen (secondary N) is 1. The first kappa shape index (κ1) is 20.1. The fraction of sp³-hybridized carbons (Fsp3) is 0.333. The molecule has 1 aliphatic rings. The number of carbonyl (C=O) groups excluding carboxylic acids is 1. The zero-order valence-electron chi connectivity index (χ0n) is 17.7. The Kier molecular flexibility index (Phi) is 5.57. The Hall–Kier alpha value is -3.15. The van der Waals surface area contributed by atoms with E-state index in [-0.39, 0.29) is 11.7 Å². The monoisotopic (exact) mass is 406 g/mol. The number of hydrogen-bond donors (Lipinski definition) is 1. The van der Waals surface area contributed by atoms with E-state index in [4.69, 9.17) is 0 Å². The molecular weight excluding hydrogens is 379 g/mol. The Morgan fingerprint density at radius 1 is 1.13 bits per heavy atom. The van der Waals surface area contributed by atoms with Gasteiger partial charge in [-0.05, 0) is 62.9 Å². The number of nitrogens with zero attached hydrogens (tertiary/aromatic N) is 3. The maximum atomic E-state index is 14.5. The van der Waals surface area contributed by atoms with Crippen LogP contribution in [0.1, 0.15) is 35.4 Å². The molecule has 6 heteroatoms. The number of benzene rings is 2. The number of halogens is 1. The second kappa shape index (κ2) is 8.30. The highest BCUT2D eigenvalue weighted by molar-refractivity contribution is 5.92. The van der Waals surface area contributed by atoms with Crippen LogP contribution in [-0.4, -0.2) is 28.8 Å². The third-order valence-electron chi connectivity index (χ3n) is 5.80. The summed E-state index contributed by atoms with van der Waals surface area (Å²) in [6.45, 7) is 7.11. The van der Waals surface area contributed by atoms with Crippen LogP contribution in [0.3, 0.4) is 0 Å². The maximum Gasteiger partial charge on any atom is 0.226 e. The summed E-state index contributed by atoms with van der Waals surface area (Å²) in [4.78, 5) is 14.7. The van der Waals surface area contributed by atoms with Crippen LogP contribution in [0.15, 0.2) is 42.5 Å². The minimum Gasteiger partial charge on any atom is -0.368 e. The van der Waals surface area contributed by atoms with Gasteiger partial charge in [-0.3, -0.25) is 4.79 Å². The quantitative estimate of drug-likeness (QED) is 0.667. The third-order valence-corrected chi connectivity index (χ3v) is 5.80. The molecule has 0 atom stereocenters. The molecule has 0 saturated heterocycles. The van der Waals surface area contributed by atoms with Crippen molar-refractivity contribution in [3.63, 3.8) is 0 Å². The second-order valence-electron chi connectivity index (χ2n) is 7.87. The standard InChI is InChI=1S/C24H27FN4O/c1-16-11-12-21(25)24-20(16)10-7-14-28(24)15-13-22(30)26-23-17(2)27-29(18(23)3)19-8-5-4-6-9-19/h4-6,8-9,11-12H,7,10,13-15H2,1-3H3,(H,26,30). The van der Waals surface area contributed by atoms with Crippen molar-refractivity contribution >= 4 is 17.3 Å². The van der Waals surface area contributed by atoms with Gasteiger partial charge in [-0.2, -0.15) is 5.10 Å². The molecule has 0 saturated carbocycles. The second-order valence-corrected chi connectivity index (χ2v) is 7.87. The largest absolute Gasteiger partial charge is 0.368 e. The summed E-state index contributed by atoms with van der Waals surface area (Å²) in [6, 6.07) is 13.2. The van der Waals surface area contributed by atoms with Crippen LogP contribution in [-0.2, 0) is 11.2 Å². The zero-order chi connectivity index (χ0) is 21.3. The summed E-state index contributed by atoms with van der Waals surface area (Å²) < 4.78 is 16.3. The molecule has 4 rings (SSSR count). The molecule has 0 spiro atoms. The smallest absolute Gasteiger partial charge is 0.226 e. The van der Waals surface area contributed by atoms with Gasteiger partial charge in [0, 0.05) is 19.5 Å². The molecule has 2 heterocycles. The molecule has 1 amide bonds. The van der Waals surface area contributed by atoms with E-state index in [9.17, 15) is 9.18 Å². The van der Waals surface area contributed by atoms with E-state index >= 15 is 0 Å². The van der Waals surface area contributed by atoms with Gasteiger partial charge in [0.1, 0.15) is 5.82 Å². The highest BCUT2D eigenvalue weighted by Crippen LogP contribution is 2.32. The van der Waals surface area contributed by atoms with Gasteiger partial charge >= 0.3 is 0 Å². The number of rotatable bonds is 5. The lowest BCUT2D eigenvalue weighted by molar-refractivity contribution is -0.116. The first-order valence-corrected chi connectivity index (χ1v) is 10.4. The molecule has 0 fully saturated rings. The van der Waals surface area contributed by atoms with Gasteiger partial charge in [0.05, 0.1) is 28.5 Å². The molecule has 1 aliphatic heterocycles. The van der Waals surface area contributed by atoms with Crippen molar-refractivity contribution in [3.8, 4) is 5.69 Å². The summed E-state index contributed by atoms with van der Waals surface area (Å²) in [5.41, 5.74) is 6.20. The van der Waals surface area contributed by atoms with Gasteiger partial charge in [-0.15, -0.1) is 0 Å². The highest BCUT2D eigenvalue weighted by Gasteiger charge is 2.23. The van der Waals surface area contributed by atoms with Crippen LogP contribution in [0.25, 0.3) is 5.69 Å². The number of aryl methyl sites for hydroxylation is 2. The number of para-hydroxylation sites is 1. The van der Waals surface area contributed by atoms with Crippen LogP contribution in [0.2, 0.25) is 0 Å². The van der Waals surface area contributed by atoms with Gasteiger partial charge < -0.3 is 10.2 Å². The topological polar surface area (TPSA) is 50.2 Å². The lowest BCUT2D eigenvalue weighted by atomic mass is 9.96. The molecule has 1 aromatic heterocycles. The van der Waals surface area contributed by atoms with Gasteiger partial charge in [0.25, 0.3) is 0 Å². The van der Waals surface area contributed by atoms with Gasteiger partial charge in [-0.25, -0.2) is 9.07 Å². The number of hydrogen-bond acceptors (Lipinski definition) is 3. The number of anilines is 2. The van der Waals surface area contributed by atoms with E-state index < -0.39 is 0 Å². The zero-order valence-corrected chi connectivity index (χ0v) is 17.7. The fourth-order valence-corrected chi connectivity index (χ4v) is 4.23. The predicted molar refractivity (Wildman–Crippen MR) is 118 cm³/mol. The van der Waals surface area contributed by atoms with Crippen molar-refractivity contribution in [1.29, 1.82) is 0 Å². The first-order chi connectivity index (χ1) is 14.5. The van der Waals surface area contributed by atoms with E-state index in [1.807, 2.05) is 66.8 Å². The SMILES string of the molecule is Cc1ccc(F)c2c1CCCN2CCC(=O)Nc1c(C)nn(-c2ccccc2)c1C. The van der Waals surface area contributed by atoms with E-state index in [2.05, 4.69) is 10.4 Å². The summed E-state index contributed by atoms with van der Waals surface area (Å²) in [6.07, 6.45) is 2.15. The molecule has 2 aromatic carbocycles. The normalized spacial score (nSPS) is 13.3. The molecule has 30 heavy (non-hydrogen) atoms. The van der Waals surface area contributed by atoms with Crippen molar-refractivity contribution in [1.82, 2.24) is 9.78 Å². The number of carbonyl (C=O) groups is 1. The minimum atomic E-state index is -0.202. The summed E-state index contributed by atoms with van der Waals surface area (Å²) in [7, 11) is 0. The fourth-order valence-electron chi connectivity index (χ4n) is 4.23. The molecule has 1 N–H and O–H groups in total. The summed E-state index contributed by atoms with van der Waals surface area (Å²) in [5.74, 6) is -0.291. The maximum absolute atomic E-state index is 14.5. The molecule has 156 valence electrons. The van der Waals surface area contributed by atoms with E-state index in [0.717, 1.165) is 53.3 Å². The minimum absolute atomic E-state index is 0.0889. The van der Waals surface area contributed by atoms with Gasteiger partial charge in [0.15, 0.2) is 0 Å². The van der Waals surface area contributed by atoms with Crippen LogP contribution < -0.4 is 10.2 Å². The van der Waals surface area contributed by atoms with E-state index in [0.29, 0.717) is 18.7 Å². The number of amides is 1. The number of aromatic nitrogens is 2. The molecule has 0 bridgehead atoms. The average Bonchev–Trinajstić information content (AvgIpc) is 3.03. The first-order valence-electron chi connectivity index (χ1n) is 10.4. The van der Waals surface area contributed by atoms with Crippen LogP contribution in [0.5, 0.6) is 0 Å². The van der Waals surface area contributed by atoms with Crippen LogP contribution in [0.4, 0.5) is 15.8 Å². The van der Waals surface area contributed by atoms with E-state index in [1.54, 1.807) is 0 Å². The van der Waals surface area contributed by atoms with Crippen molar-refractivity contribution < 1.29 is 9.18 Å². The lowest BCUT2D eigenvalue weighted by Crippen LogP contribution is -2.33.